The minimum absolute atomic E-state index is 0.125. The van der Waals surface area contributed by atoms with E-state index in [4.69, 9.17) is 5.26 Å². The van der Waals surface area contributed by atoms with Crippen LogP contribution in [0.3, 0.4) is 0 Å². The lowest BCUT2D eigenvalue weighted by molar-refractivity contribution is -0.114. The Balaban J connectivity index is 1.85. The summed E-state index contributed by atoms with van der Waals surface area (Å²) < 4.78 is 0. The molecule has 4 nitrogen and oxygen atoms in total. The van der Waals surface area contributed by atoms with Crippen LogP contribution in [0.4, 0.5) is 5.82 Å². The van der Waals surface area contributed by atoms with Crippen molar-refractivity contribution in [3.8, 4) is 6.07 Å². The molecule has 0 fully saturated rings. The molecular formula is C22H21N3O. The first-order chi connectivity index (χ1) is 12.4. The Morgan fingerprint density at radius 1 is 1.08 bits per heavy atom. The monoisotopic (exact) mass is 343 g/mol. The number of nitrogens with one attached hydrogen (secondary N) is 1. The topological polar surface area (TPSA) is 65.8 Å². The van der Waals surface area contributed by atoms with Gasteiger partial charge in [0.05, 0.1) is 17.1 Å². The van der Waals surface area contributed by atoms with Crippen molar-refractivity contribution in [3.63, 3.8) is 0 Å². The van der Waals surface area contributed by atoms with Crippen LogP contribution in [0, 0.1) is 25.2 Å². The molecule has 3 aromatic rings. The van der Waals surface area contributed by atoms with E-state index in [1.54, 1.807) is 0 Å². The molecule has 1 aromatic heterocycles. The van der Waals surface area contributed by atoms with Gasteiger partial charge in [-0.15, -0.1) is 0 Å². The van der Waals surface area contributed by atoms with Crippen LogP contribution in [0.5, 0.6) is 0 Å². The Hall–Kier alpha value is -3.19. The fourth-order valence-electron chi connectivity index (χ4n) is 3.21. The number of carbonyl (C=O) groups is 1. The van der Waals surface area contributed by atoms with Crippen molar-refractivity contribution in [3.05, 3.63) is 70.3 Å². The molecule has 1 heterocycles. The highest BCUT2D eigenvalue weighted by Crippen LogP contribution is 2.22. The molecule has 0 radical (unpaired) electrons. The minimum Gasteiger partial charge on any atom is -0.311 e. The van der Waals surface area contributed by atoms with Gasteiger partial charge in [-0.2, -0.15) is 5.26 Å². The molecule has 4 heteroatoms. The molecular weight excluding hydrogens is 322 g/mol. The first-order valence-corrected chi connectivity index (χ1v) is 8.63. The van der Waals surface area contributed by atoms with Crippen LogP contribution in [0.25, 0.3) is 10.9 Å². The molecule has 2 aromatic carbocycles. The highest BCUT2D eigenvalue weighted by atomic mass is 16.1. The maximum absolute atomic E-state index is 11.3. The van der Waals surface area contributed by atoms with E-state index < -0.39 is 0 Å². The Kier molecular flexibility index (Phi) is 4.99. The molecule has 0 unspecified atom stereocenters. The molecule has 0 spiro atoms. The summed E-state index contributed by atoms with van der Waals surface area (Å²) in [5.41, 5.74) is 6.13. The number of aromatic nitrogens is 1. The number of carbonyl (C=O) groups excluding carboxylic acids is 1. The lowest BCUT2D eigenvalue weighted by atomic mass is 9.99. The van der Waals surface area contributed by atoms with Gasteiger partial charge in [0, 0.05) is 12.3 Å². The first kappa shape index (κ1) is 17.6. The van der Waals surface area contributed by atoms with E-state index in [0.717, 1.165) is 40.4 Å². The van der Waals surface area contributed by atoms with E-state index in [2.05, 4.69) is 40.6 Å². The SMILES string of the molecule is CC(=O)Nc1cc(C)c2ccc(CCc3cc(C)cc(C#N)c3)cc2n1. The number of rotatable bonds is 4. The van der Waals surface area contributed by atoms with E-state index in [-0.39, 0.29) is 5.91 Å². The third kappa shape index (κ3) is 4.07. The number of hydrogen-bond acceptors (Lipinski definition) is 3. The van der Waals surface area contributed by atoms with Crippen molar-refractivity contribution in [2.45, 2.75) is 33.6 Å². The summed E-state index contributed by atoms with van der Waals surface area (Å²) >= 11 is 0. The fraction of sp³-hybridized carbons (Fsp3) is 0.227. The second-order valence-electron chi connectivity index (χ2n) is 6.68. The molecule has 1 N–H and O–H groups in total. The third-order valence-electron chi connectivity index (χ3n) is 4.35. The van der Waals surface area contributed by atoms with Crippen molar-refractivity contribution in [1.29, 1.82) is 5.26 Å². The number of benzene rings is 2. The quantitative estimate of drug-likeness (QED) is 0.760. The maximum atomic E-state index is 11.3. The van der Waals surface area contributed by atoms with Crippen molar-refractivity contribution >= 4 is 22.6 Å². The van der Waals surface area contributed by atoms with E-state index in [9.17, 15) is 4.79 Å². The van der Waals surface area contributed by atoms with Gasteiger partial charge in [0.15, 0.2) is 0 Å². The number of amides is 1. The predicted molar refractivity (Wildman–Crippen MR) is 104 cm³/mol. The summed E-state index contributed by atoms with van der Waals surface area (Å²) in [5, 5.41) is 13.0. The molecule has 26 heavy (non-hydrogen) atoms. The zero-order chi connectivity index (χ0) is 18.7. The summed E-state index contributed by atoms with van der Waals surface area (Å²) in [7, 11) is 0. The molecule has 0 saturated carbocycles. The van der Waals surface area contributed by atoms with Crippen molar-refractivity contribution in [1.82, 2.24) is 4.98 Å². The van der Waals surface area contributed by atoms with Crippen LogP contribution in [0.15, 0.2) is 42.5 Å². The van der Waals surface area contributed by atoms with E-state index in [1.165, 1.54) is 12.5 Å². The number of nitrogens with zero attached hydrogens (tertiary/aromatic N) is 2. The lowest BCUT2D eigenvalue weighted by Crippen LogP contribution is -2.07. The number of hydrogen-bond donors (Lipinski definition) is 1. The zero-order valence-electron chi connectivity index (χ0n) is 15.3. The van der Waals surface area contributed by atoms with Gasteiger partial charge in [0.1, 0.15) is 5.82 Å². The summed E-state index contributed by atoms with van der Waals surface area (Å²) in [6.07, 6.45) is 1.74. The molecule has 130 valence electrons. The van der Waals surface area contributed by atoms with E-state index in [1.807, 2.05) is 32.0 Å². The average Bonchev–Trinajstić information content (AvgIpc) is 2.58. The lowest BCUT2D eigenvalue weighted by Gasteiger charge is -2.09. The van der Waals surface area contributed by atoms with Crippen molar-refractivity contribution in [2.75, 3.05) is 5.32 Å². The van der Waals surface area contributed by atoms with Crippen LogP contribution in [-0.4, -0.2) is 10.9 Å². The second-order valence-corrected chi connectivity index (χ2v) is 6.68. The number of nitriles is 1. The Morgan fingerprint density at radius 3 is 2.58 bits per heavy atom. The van der Waals surface area contributed by atoms with Gasteiger partial charge in [0.2, 0.25) is 5.91 Å². The Morgan fingerprint density at radius 2 is 1.85 bits per heavy atom. The van der Waals surface area contributed by atoms with E-state index in [0.29, 0.717) is 11.4 Å². The van der Waals surface area contributed by atoms with Crippen LogP contribution >= 0.6 is 0 Å². The molecule has 1 amide bonds. The molecule has 0 aliphatic carbocycles. The molecule has 0 aliphatic rings. The van der Waals surface area contributed by atoms with Gasteiger partial charge >= 0.3 is 0 Å². The largest absolute Gasteiger partial charge is 0.311 e. The third-order valence-corrected chi connectivity index (χ3v) is 4.35. The van der Waals surface area contributed by atoms with Crippen LogP contribution in [0.1, 0.15) is 34.7 Å². The summed E-state index contributed by atoms with van der Waals surface area (Å²) in [6.45, 7) is 5.51. The Labute approximate surface area is 153 Å². The van der Waals surface area contributed by atoms with Crippen LogP contribution in [-0.2, 0) is 17.6 Å². The van der Waals surface area contributed by atoms with Gasteiger partial charge in [-0.05, 0) is 73.2 Å². The second kappa shape index (κ2) is 7.37. The summed E-state index contributed by atoms with van der Waals surface area (Å²) in [5.74, 6) is 0.456. The summed E-state index contributed by atoms with van der Waals surface area (Å²) in [6, 6.07) is 16.4. The Bertz CT molecular complexity index is 1030. The maximum Gasteiger partial charge on any atom is 0.222 e. The smallest absolute Gasteiger partial charge is 0.222 e. The van der Waals surface area contributed by atoms with Gasteiger partial charge in [-0.25, -0.2) is 4.98 Å². The standard InChI is InChI=1S/C22H21N3O/c1-14-8-18(11-19(9-14)13-23)5-4-17-6-7-20-15(2)10-22(24-16(3)26)25-21(20)12-17/h6-12H,4-5H2,1-3H3,(H,24,25,26). The van der Waals surface area contributed by atoms with Crippen LogP contribution < -0.4 is 5.32 Å². The van der Waals surface area contributed by atoms with Gasteiger partial charge in [-0.1, -0.05) is 18.2 Å². The average molecular weight is 343 g/mol. The number of anilines is 1. The first-order valence-electron chi connectivity index (χ1n) is 8.63. The van der Waals surface area contributed by atoms with Gasteiger partial charge in [0.25, 0.3) is 0 Å². The van der Waals surface area contributed by atoms with Gasteiger partial charge in [-0.3, -0.25) is 4.79 Å². The van der Waals surface area contributed by atoms with E-state index >= 15 is 0 Å². The summed E-state index contributed by atoms with van der Waals surface area (Å²) in [4.78, 5) is 15.9. The molecule has 0 bridgehead atoms. The number of aryl methyl sites for hydroxylation is 4. The normalized spacial score (nSPS) is 10.5. The fourth-order valence-corrected chi connectivity index (χ4v) is 3.21. The molecule has 0 aliphatic heterocycles. The number of pyridine rings is 1. The highest BCUT2D eigenvalue weighted by Gasteiger charge is 2.06. The van der Waals surface area contributed by atoms with Crippen molar-refractivity contribution in [2.24, 2.45) is 0 Å². The predicted octanol–water partition coefficient (Wildman–Crippen LogP) is 4.47. The van der Waals surface area contributed by atoms with Gasteiger partial charge < -0.3 is 5.32 Å². The van der Waals surface area contributed by atoms with Crippen LogP contribution in [0.2, 0.25) is 0 Å². The molecule has 3 rings (SSSR count). The molecule has 0 saturated heterocycles. The highest BCUT2D eigenvalue weighted by molar-refractivity contribution is 5.91. The molecule has 0 atom stereocenters. The zero-order valence-corrected chi connectivity index (χ0v) is 15.3. The van der Waals surface area contributed by atoms with Crippen molar-refractivity contribution < 1.29 is 4.79 Å². The number of fused-ring (bicyclic) bond motifs is 1. The minimum atomic E-state index is -0.125.